The Morgan fingerprint density at radius 1 is 0.984 bits per heavy atom. The number of phenols is 2. The van der Waals surface area contributed by atoms with Crippen LogP contribution in [0.3, 0.4) is 0 Å². The first kappa shape index (κ1) is 41.9. The van der Waals surface area contributed by atoms with E-state index >= 15 is 0 Å². The summed E-state index contributed by atoms with van der Waals surface area (Å²) in [5.74, 6) is 10.4. The van der Waals surface area contributed by atoms with Crippen LogP contribution in [0.5, 0.6) is 17.2 Å². The van der Waals surface area contributed by atoms with Gasteiger partial charge in [0.2, 0.25) is 0 Å². The quantitative estimate of drug-likeness (QED) is 0.115. The number of phenolic OH excluding ortho intramolecular Hbond substituents is 2. The zero-order valence-corrected chi connectivity index (χ0v) is 36.6. The minimum atomic E-state index is -0.729. The average Bonchev–Trinajstić information content (AvgIpc) is 3.80. The molecule has 6 aliphatic rings. The summed E-state index contributed by atoms with van der Waals surface area (Å²) in [6.07, 6.45) is 17.3. The number of hydrogen-bond donors (Lipinski definition) is 4. The fraction of sp³-hybridized carbons (Fsp3) is 0.451. The number of benzene rings is 3. The summed E-state index contributed by atoms with van der Waals surface area (Å²) >= 11 is 0. The molecule has 8 nitrogen and oxygen atoms in total. The summed E-state index contributed by atoms with van der Waals surface area (Å²) in [6, 6.07) is 15.0. The molecule has 6 N–H and O–H groups in total. The Hall–Kier alpha value is -4.40. The van der Waals surface area contributed by atoms with Gasteiger partial charge in [0.25, 0.3) is 0 Å². The minimum absolute atomic E-state index is 0.0410. The van der Waals surface area contributed by atoms with Crippen molar-refractivity contribution in [3.8, 4) is 29.1 Å². The Labute approximate surface area is 367 Å². The zero-order chi connectivity index (χ0) is 42.3. The maximum absolute atomic E-state index is 14.2. The van der Waals surface area contributed by atoms with Crippen LogP contribution in [0.15, 0.2) is 89.3 Å². The molecular formula is C51H56N3O5S2-. The highest BCUT2D eigenvalue weighted by molar-refractivity contribution is 8.76. The molecule has 2 heterocycles. The molecule has 0 saturated heterocycles. The number of carbonyl (C=O) groups excluding carboxylic acids is 1. The van der Waals surface area contributed by atoms with Crippen LogP contribution in [-0.2, 0) is 23.4 Å². The Balaban J connectivity index is 1.11. The maximum atomic E-state index is 14.2. The van der Waals surface area contributed by atoms with Gasteiger partial charge in [-0.25, -0.2) is 0 Å². The van der Waals surface area contributed by atoms with E-state index in [0.717, 1.165) is 58.4 Å². The van der Waals surface area contributed by atoms with Crippen LogP contribution < -0.4 is 21.3 Å². The summed E-state index contributed by atoms with van der Waals surface area (Å²) < 4.78 is 6.17. The molecule has 2 aliphatic heterocycles. The van der Waals surface area contributed by atoms with Gasteiger partial charge in [0.05, 0.1) is 24.9 Å². The third-order valence-corrected chi connectivity index (χ3v) is 17.2. The first-order chi connectivity index (χ1) is 29.5. The van der Waals surface area contributed by atoms with E-state index in [-0.39, 0.29) is 46.9 Å². The highest BCUT2D eigenvalue weighted by Gasteiger charge is 2.63. The van der Waals surface area contributed by atoms with Gasteiger partial charge in [-0.15, -0.1) is 5.76 Å². The Morgan fingerprint density at radius 2 is 1.82 bits per heavy atom. The number of ketones is 1. The molecule has 3 aromatic rings. The highest BCUT2D eigenvalue weighted by atomic mass is 33.1. The molecule has 3 fully saturated rings. The molecule has 3 aromatic carbocycles. The third-order valence-electron chi connectivity index (χ3n) is 14.7. The minimum Gasteiger partial charge on any atom is -0.875 e. The van der Waals surface area contributed by atoms with Crippen LogP contribution in [0.25, 0.3) is 0 Å². The summed E-state index contributed by atoms with van der Waals surface area (Å²) in [5, 5.41) is 36.5. The van der Waals surface area contributed by atoms with Gasteiger partial charge >= 0.3 is 0 Å². The number of fused-ring (bicyclic) bond motifs is 8. The van der Waals surface area contributed by atoms with Crippen molar-refractivity contribution in [2.24, 2.45) is 45.0 Å². The molecule has 318 valence electrons. The highest BCUT2D eigenvalue weighted by Crippen LogP contribution is 2.72. The molecule has 0 amide bonds. The van der Waals surface area contributed by atoms with Crippen molar-refractivity contribution >= 4 is 33.1 Å². The largest absolute Gasteiger partial charge is 0.875 e. The Kier molecular flexibility index (Phi) is 12.0. The van der Waals surface area contributed by atoms with Gasteiger partial charge in [-0.05, 0) is 150 Å². The second-order valence-corrected chi connectivity index (χ2v) is 20.8. The average molecular weight is 855 g/mol. The topological polar surface area (TPSA) is 154 Å². The fourth-order valence-electron chi connectivity index (χ4n) is 11.8. The first-order valence-electron chi connectivity index (χ1n) is 22.1. The molecule has 0 radical (unpaired) electrons. The summed E-state index contributed by atoms with van der Waals surface area (Å²) in [4.78, 5) is 18.0. The number of hydrogen-bond acceptors (Lipinski definition) is 10. The van der Waals surface area contributed by atoms with E-state index in [1.807, 2.05) is 58.0 Å². The van der Waals surface area contributed by atoms with E-state index in [2.05, 4.69) is 35.9 Å². The molecule has 1 spiro atoms. The molecule has 9 rings (SSSR count). The van der Waals surface area contributed by atoms with Crippen LogP contribution in [0.2, 0.25) is 0 Å². The van der Waals surface area contributed by atoms with Gasteiger partial charge in [-0.3, -0.25) is 9.79 Å². The molecule has 10 heteroatoms. The lowest BCUT2D eigenvalue weighted by molar-refractivity contribution is -0.307. The van der Waals surface area contributed by atoms with Gasteiger partial charge in [0.15, 0.2) is 17.3 Å². The molecular weight excluding hydrogens is 799 g/mol. The van der Waals surface area contributed by atoms with Crippen LogP contribution >= 0.6 is 21.6 Å². The van der Waals surface area contributed by atoms with Crippen molar-refractivity contribution in [2.45, 2.75) is 102 Å². The van der Waals surface area contributed by atoms with E-state index < -0.39 is 12.1 Å². The summed E-state index contributed by atoms with van der Waals surface area (Å²) in [5.41, 5.74) is 20.4. The maximum Gasteiger partial charge on any atom is 0.161 e. The van der Waals surface area contributed by atoms with Gasteiger partial charge < -0.3 is 31.5 Å². The van der Waals surface area contributed by atoms with Crippen molar-refractivity contribution < 1.29 is 24.9 Å². The zero-order valence-electron chi connectivity index (χ0n) is 35.0. The third kappa shape index (κ3) is 8.32. The van der Waals surface area contributed by atoms with Crippen molar-refractivity contribution in [3.05, 3.63) is 123 Å². The van der Waals surface area contributed by atoms with Gasteiger partial charge in [-0.2, -0.15) is 0 Å². The number of carbonyl (C=O) groups is 1. The lowest BCUT2D eigenvalue weighted by Crippen LogP contribution is -2.44. The SMILES string of the molecule is CCC[C@H]1[C@H]2CC[C@H]3C[C@@]14/C=C/C(=O)CCc1ccc(O)c(c1)OCCc1ccc(O)c(c1)[C@H]1CC([O-])=C5C=CN=C5CC#Cc5cc(C(N)N)c(cc51)CSSC[C@@]3(C2)C4. The molecule has 4 aliphatic carbocycles. The van der Waals surface area contributed by atoms with E-state index in [9.17, 15) is 20.1 Å². The standard InChI is InChI=1S/C51H57N3O5S2/c1-2-4-43-34-10-11-36-27-50(43)18-15-37(55)12-7-31-9-14-46(57)48(22-31)59-20-17-32-8-13-45(56)42(21-32)41-25-47(58)38-16-19-54-44(38)6-3-5-33-23-40(49(52)53)35(24-39(33)41)28-60-61-30-51(36,26-34)29-50/h8-9,13-16,18-19,21-24,34,36,41,43,49,56-58H,2,4,6-7,10-12,17,20,25-30,52-53H2,1H3/p-1/b18-15+,47-38?/t34-,36-,41-,43-,50+,51+/m0/s1. The van der Waals surface area contributed by atoms with E-state index in [1.54, 1.807) is 24.4 Å². The molecule has 0 aromatic heterocycles. The van der Waals surface area contributed by atoms with Gasteiger partial charge in [-0.1, -0.05) is 77.1 Å². The molecule has 3 saturated carbocycles. The number of nitrogens with two attached hydrogens (primary N) is 2. The number of nitrogens with zero attached hydrogens (tertiary/aromatic N) is 1. The number of ether oxygens (including phenoxy) is 1. The first-order valence-corrected chi connectivity index (χ1v) is 24.6. The predicted molar refractivity (Wildman–Crippen MR) is 244 cm³/mol. The molecule has 6 atom stereocenters. The monoisotopic (exact) mass is 854 g/mol. The van der Waals surface area contributed by atoms with E-state index in [4.69, 9.17) is 16.2 Å². The molecule has 0 unspecified atom stereocenters. The van der Waals surface area contributed by atoms with Crippen molar-refractivity contribution in [1.29, 1.82) is 0 Å². The Morgan fingerprint density at radius 3 is 2.66 bits per heavy atom. The van der Waals surface area contributed by atoms with Crippen LogP contribution in [0.1, 0.15) is 122 Å². The predicted octanol–water partition coefficient (Wildman–Crippen LogP) is 9.06. The van der Waals surface area contributed by atoms with Gasteiger partial charge in [0.1, 0.15) is 5.75 Å². The van der Waals surface area contributed by atoms with E-state index in [1.165, 1.54) is 25.7 Å². The van der Waals surface area contributed by atoms with E-state index in [0.29, 0.717) is 71.8 Å². The van der Waals surface area contributed by atoms with Crippen LogP contribution in [-0.4, -0.2) is 34.1 Å². The molecule has 9 bridgehead atoms. The van der Waals surface area contributed by atoms with Crippen molar-refractivity contribution in [2.75, 3.05) is 12.4 Å². The number of aromatic hydroxyl groups is 2. The number of aliphatic imine (C=N–C) groups is 1. The molecule has 61 heavy (non-hydrogen) atoms. The van der Waals surface area contributed by atoms with Crippen molar-refractivity contribution in [3.63, 3.8) is 0 Å². The Bertz CT molecular complexity index is 2410. The lowest BCUT2D eigenvalue weighted by atomic mass is 9.54. The number of rotatable bonds is 3. The summed E-state index contributed by atoms with van der Waals surface area (Å²) in [7, 11) is 3.79. The number of aryl methyl sites for hydroxylation is 1. The van der Waals surface area contributed by atoms with Crippen LogP contribution in [0, 0.1) is 40.4 Å². The smallest absolute Gasteiger partial charge is 0.161 e. The summed E-state index contributed by atoms with van der Waals surface area (Å²) in [6.45, 7) is 2.56. The van der Waals surface area contributed by atoms with Crippen LogP contribution in [0.4, 0.5) is 0 Å². The van der Waals surface area contributed by atoms with Crippen molar-refractivity contribution in [1.82, 2.24) is 0 Å². The lowest BCUT2D eigenvalue weighted by Gasteiger charge is -2.52. The normalized spacial score (nSPS) is 29.1. The number of allylic oxidation sites excluding steroid dienone is 5. The fourth-order valence-corrected chi connectivity index (χ4v) is 14.7. The second-order valence-electron chi connectivity index (χ2n) is 18.4. The van der Waals surface area contributed by atoms with Gasteiger partial charge in [0, 0.05) is 47.6 Å². The second kappa shape index (κ2) is 17.4.